The topological polar surface area (TPSA) is 114 Å². The smallest absolute Gasteiger partial charge is 0.329 e. The lowest BCUT2D eigenvalue weighted by Crippen LogP contribution is -2.50. The van der Waals surface area contributed by atoms with Gasteiger partial charge in [-0.3, -0.25) is 14.9 Å². The predicted octanol–water partition coefficient (Wildman–Crippen LogP) is 1.67. The van der Waals surface area contributed by atoms with Gasteiger partial charge >= 0.3 is 12.0 Å². The van der Waals surface area contributed by atoms with Crippen LogP contribution < -0.4 is 16.0 Å². The van der Waals surface area contributed by atoms with Gasteiger partial charge in [0.1, 0.15) is 6.04 Å². The average molecular weight is 383 g/mol. The van der Waals surface area contributed by atoms with Crippen molar-refractivity contribution in [3.63, 3.8) is 0 Å². The van der Waals surface area contributed by atoms with Gasteiger partial charge in [0, 0.05) is 5.54 Å². The van der Waals surface area contributed by atoms with Crippen molar-refractivity contribution in [1.29, 1.82) is 0 Å². The first-order valence-electron chi connectivity index (χ1n) is 8.12. The number of urea groups is 1. The molecular weight excluding hydrogens is 358 g/mol. The summed E-state index contributed by atoms with van der Waals surface area (Å²) < 4.78 is 4.93. The van der Waals surface area contributed by atoms with Crippen LogP contribution in [0.2, 0.25) is 0 Å². The van der Waals surface area contributed by atoms with Gasteiger partial charge in [-0.1, -0.05) is 19.9 Å². The first kappa shape index (κ1) is 21.6. The third-order valence-corrected chi connectivity index (χ3v) is 3.91. The maximum atomic E-state index is 12.2. The van der Waals surface area contributed by atoms with Crippen molar-refractivity contribution in [1.82, 2.24) is 16.0 Å². The van der Waals surface area contributed by atoms with E-state index >= 15 is 0 Å². The van der Waals surface area contributed by atoms with E-state index < -0.39 is 36.1 Å². The fourth-order valence-electron chi connectivity index (χ4n) is 1.88. The van der Waals surface area contributed by atoms with Crippen LogP contribution in [0, 0.1) is 5.92 Å². The van der Waals surface area contributed by atoms with Crippen LogP contribution in [0.25, 0.3) is 0 Å². The Labute approximate surface area is 156 Å². The second-order valence-electron chi connectivity index (χ2n) is 7.03. The summed E-state index contributed by atoms with van der Waals surface area (Å²) in [4.78, 5) is 48.1. The fourth-order valence-corrected chi connectivity index (χ4v) is 2.51. The molecule has 0 saturated carbocycles. The van der Waals surface area contributed by atoms with Gasteiger partial charge in [0.2, 0.25) is 0 Å². The SMILES string of the molecule is CC(C)[C@@H](NC(=O)c1cccs1)C(=O)OCC(=O)NC(=O)NC(C)(C)C. The number of imide groups is 1. The van der Waals surface area contributed by atoms with Crippen LogP contribution in [0.15, 0.2) is 17.5 Å². The highest BCUT2D eigenvalue weighted by atomic mass is 32.1. The number of thiophene rings is 1. The molecule has 0 aliphatic heterocycles. The zero-order chi connectivity index (χ0) is 19.9. The summed E-state index contributed by atoms with van der Waals surface area (Å²) in [6, 6.07) is 1.80. The van der Waals surface area contributed by atoms with Gasteiger partial charge < -0.3 is 15.4 Å². The lowest BCUT2D eigenvalue weighted by atomic mass is 10.0. The largest absolute Gasteiger partial charge is 0.454 e. The molecule has 0 bridgehead atoms. The highest BCUT2D eigenvalue weighted by molar-refractivity contribution is 7.12. The molecule has 1 aromatic rings. The van der Waals surface area contributed by atoms with Crippen molar-refractivity contribution in [3.8, 4) is 0 Å². The molecule has 0 saturated heterocycles. The Morgan fingerprint density at radius 2 is 1.85 bits per heavy atom. The summed E-state index contributed by atoms with van der Waals surface area (Å²) in [5, 5.41) is 8.98. The number of carbonyl (C=O) groups is 4. The minimum atomic E-state index is -0.902. The molecule has 1 rings (SSSR count). The molecule has 0 aromatic carbocycles. The number of ether oxygens (including phenoxy) is 1. The van der Waals surface area contributed by atoms with Gasteiger partial charge in [0.25, 0.3) is 11.8 Å². The molecule has 3 N–H and O–H groups in total. The van der Waals surface area contributed by atoms with E-state index in [0.29, 0.717) is 4.88 Å². The highest BCUT2D eigenvalue weighted by Gasteiger charge is 2.27. The van der Waals surface area contributed by atoms with Crippen molar-refractivity contribution >= 4 is 35.2 Å². The summed E-state index contributed by atoms with van der Waals surface area (Å²) in [6.45, 7) is 8.17. The molecule has 0 unspecified atom stereocenters. The number of carbonyl (C=O) groups excluding carboxylic acids is 4. The van der Waals surface area contributed by atoms with E-state index in [4.69, 9.17) is 4.74 Å². The first-order chi connectivity index (χ1) is 12.0. The average Bonchev–Trinajstić information content (AvgIpc) is 3.02. The van der Waals surface area contributed by atoms with Gasteiger partial charge in [-0.05, 0) is 38.1 Å². The van der Waals surface area contributed by atoms with E-state index in [9.17, 15) is 19.2 Å². The second kappa shape index (κ2) is 9.33. The zero-order valence-electron chi connectivity index (χ0n) is 15.5. The Morgan fingerprint density at radius 3 is 2.35 bits per heavy atom. The molecule has 1 atom stereocenters. The van der Waals surface area contributed by atoms with Gasteiger partial charge in [-0.2, -0.15) is 0 Å². The Balaban J connectivity index is 2.53. The van der Waals surface area contributed by atoms with Crippen LogP contribution in [-0.4, -0.2) is 42.0 Å². The maximum absolute atomic E-state index is 12.2. The molecule has 0 radical (unpaired) electrons. The molecule has 0 aliphatic carbocycles. The number of nitrogens with one attached hydrogen (secondary N) is 3. The van der Waals surface area contributed by atoms with E-state index in [2.05, 4.69) is 16.0 Å². The van der Waals surface area contributed by atoms with Crippen LogP contribution in [0.5, 0.6) is 0 Å². The third kappa shape index (κ3) is 7.64. The van der Waals surface area contributed by atoms with E-state index in [1.807, 2.05) is 0 Å². The summed E-state index contributed by atoms with van der Waals surface area (Å²) in [5.74, 6) is -2.12. The van der Waals surface area contributed by atoms with E-state index in [1.165, 1.54) is 11.3 Å². The highest BCUT2D eigenvalue weighted by Crippen LogP contribution is 2.11. The standard InChI is InChI=1S/C17H25N3O5S/c1-10(2)13(19-14(22)11-7-6-8-26-11)15(23)25-9-12(21)18-16(24)20-17(3,4)5/h6-8,10,13H,9H2,1-5H3,(H,19,22)(H2,18,20,21,24)/t13-/m1/s1. The van der Waals surface area contributed by atoms with Crippen LogP contribution in [-0.2, 0) is 14.3 Å². The lowest BCUT2D eigenvalue weighted by molar-refractivity contribution is -0.151. The molecule has 9 heteroatoms. The first-order valence-corrected chi connectivity index (χ1v) is 9.00. The molecule has 0 aliphatic rings. The van der Waals surface area contributed by atoms with Gasteiger partial charge in [0.15, 0.2) is 6.61 Å². The van der Waals surface area contributed by atoms with Crippen molar-refractivity contribution in [3.05, 3.63) is 22.4 Å². The quantitative estimate of drug-likeness (QED) is 0.647. The number of amides is 4. The van der Waals surface area contributed by atoms with Crippen LogP contribution in [0.1, 0.15) is 44.3 Å². The molecule has 26 heavy (non-hydrogen) atoms. The maximum Gasteiger partial charge on any atom is 0.329 e. The summed E-state index contributed by atoms with van der Waals surface area (Å²) >= 11 is 1.25. The molecule has 1 aromatic heterocycles. The molecular formula is C17H25N3O5S. The number of hydrogen-bond acceptors (Lipinski definition) is 6. The lowest BCUT2D eigenvalue weighted by Gasteiger charge is -2.21. The van der Waals surface area contributed by atoms with Crippen molar-refractivity contribution in [2.75, 3.05) is 6.61 Å². The van der Waals surface area contributed by atoms with Crippen molar-refractivity contribution < 1.29 is 23.9 Å². The predicted molar refractivity (Wildman–Crippen MR) is 97.8 cm³/mol. The summed E-state index contributed by atoms with van der Waals surface area (Å²) in [7, 11) is 0. The molecule has 0 fully saturated rings. The van der Waals surface area contributed by atoms with Crippen molar-refractivity contribution in [2.24, 2.45) is 5.92 Å². The van der Waals surface area contributed by atoms with Crippen LogP contribution in [0.4, 0.5) is 4.79 Å². The van der Waals surface area contributed by atoms with Gasteiger partial charge in [-0.25, -0.2) is 9.59 Å². The minimum absolute atomic E-state index is 0.237. The normalized spacial score (nSPS) is 12.2. The molecule has 144 valence electrons. The van der Waals surface area contributed by atoms with E-state index in [0.717, 1.165) is 0 Å². The summed E-state index contributed by atoms with van der Waals surface area (Å²) in [5.41, 5.74) is -0.504. The molecule has 4 amide bonds. The van der Waals surface area contributed by atoms with Crippen molar-refractivity contribution in [2.45, 2.75) is 46.2 Å². The Hall–Kier alpha value is -2.42. The van der Waals surface area contributed by atoms with E-state index in [1.54, 1.807) is 52.1 Å². The minimum Gasteiger partial charge on any atom is -0.454 e. The second-order valence-corrected chi connectivity index (χ2v) is 7.98. The van der Waals surface area contributed by atoms with Crippen LogP contribution in [0.3, 0.4) is 0 Å². The third-order valence-electron chi connectivity index (χ3n) is 3.04. The summed E-state index contributed by atoms with van der Waals surface area (Å²) in [6.07, 6.45) is 0. The van der Waals surface area contributed by atoms with E-state index in [-0.39, 0.29) is 11.8 Å². The fraction of sp³-hybridized carbons (Fsp3) is 0.529. The molecule has 8 nitrogen and oxygen atoms in total. The monoisotopic (exact) mass is 383 g/mol. The Bertz CT molecular complexity index is 650. The molecule has 1 heterocycles. The number of hydrogen-bond donors (Lipinski definition) is 3. The van der Waals surface area contributed by atoms with Crippen LogP contribution >= 0.6 is 11.3 Å². The number of esters is 1. The Kier molecular flexibility index (Phi) is 7.76. The van der Waals surface area contributed by atoms with Gasteiger partial charge in [0.05, 0.1) is 4.88 Å². The molecule has 0 spiro atoms. The zero-order valence-corrected chi connectivity index (χ0v) is 16.4. The Morgan fingerprint density at radius 1 is 1.19 bits per heavy atom. The van der Waals surface area contributed by atoms with Gasteiger partial charge in [-0.15, -0.1) is 11.3 Å². The number of rotatable bonds is 6.